The van der Waals surface area contributed by atoms with E-state index in [1.807, 2.05) is 0 Å². The Morgan fingerprint density at radius 1 is 0.900 bits per heavy atom. The molecule has 0 spiro atoms. The summed E-state index contributed by atoms with van der Waals surface area (Å²) >= 11 is 0. The van der Waals surface area contributed by atoms with Gasteiger partial charge in [-0.3, -0.25) is 4.90 Å². The van der Waals surface area contributed by atoms with Gasteiger partial charge < -0.3 is 4.74 Å². The monoisotopic (exact) mass is 265 g/mol. The Labute approximate surface area is 120 Å². The summed E-state index contributed by atoms with van der Waals surface area (Å²) in [5, 5.41) is 0. The zero-order chi connectivity index (χ0) is 13.4. The molecule has 1 aliphatic heterocycles. The minimum absolute atomic E-state index is 0.870. The molecule has 0 N–H and O–H groups in total. The molecule has 0 bridgehead atoms. The minimum atomic E-state index is 0.870. The van der Waals surface area contributed by atoms with Crippen LogP contribution in [0.15, 0.2) is 42.5 Å². The van der Waals surface area contributed by atoms with Crippen molar-refractivity contribution in [3.63, 3.8) is 0 Å². The van der Waals surface area contributed by atoms with E-state index in [1.54, 1.807) is 0 Å². The summed E-state index contributed by atoms with van der Waals surface area (Å²) in [6, 6.07) is 15.6. The Balaban J connectivity index is 1.66. The molecule has 1 fully saturated rings. The highest BCUT2D eigenvalue weighted by Crippen LogP contribution is 2.38. The molecular weight excluding hydrogens is 246 g/mol. The Bertz CT molecular complexity index is 629. The van der Waals surface area contributed by atoms with Gasteiger partial charge in [0.2, 0.25) is 0 Å². The number of ether oxygens (including phenoxy) is 1. The van der Waals surface area contributed by atoms with E-state index >= 15 is 0 Å². The molecule has 102 valence electrons. The van der Waals surface area contributed by atoms with Crippen molar-refractivity contribution in [3.05, 3.63) is 59.2 Å². The average molecular weight is 265 g/mol. The summed E-state index contributed by atoms with van der Waals surface area (Å²) in [5.41, 5.74) is 7.34. The maximum absolute atomic E-state index is 5.44. The van der Waals surface area contributed by atoms with Crippen LogP contribution >= 0.6 is 0 Å². The van der Waals surface area contributed by atoms with Crippen molar-refractivity contribution in [2.24, 2.45) is 0 Å². The molecule has 0 unspecified atom stereocenters. The second-order valence-electron chi connectivity index (χ2n) is 5.67. The predicted octanol–water partition coefficient (Wildman–Crippen LogP) is 3.09. The van der Waals surface area contributed by atoms with Gasteiger partial charge in [-0.2, -0.15) is 0 Å². The Morgan fingerprint density at radius 3 is 2.60 bits per heavy atom. The van der Waals surface area contributed by atoms with E-state index in [1.165, 1.54) is 27.8 Å². The van der Waals surface area contributed by atoms with E-state index in [2.05, 4.69) is 47.4 Å². The van der Waals surface area contributed by atoms with Crippen LogP contribution in [0, 0.1) is 0 Å². The summed E-state index contributed by atoms with van der Waals surface area (Å²) < 4.78 is 5.44. The fourth-order valence-electron chi connectivity index (χ4n) is 3.37. The van der Waals surface area contributed by atoms with Crippen LogP contribution < -0.4 is 0 Å². The topological polar surface area (TPSA) is 12.5 Å². The molecule has 2 aromatic carbocycles. The molecule has 1 aliphatic carbocycles. The van der Waals surface area contributed by atoms with E-state index in [0.29, 0.717) is 0 Å². The number of hydrogen-bond donors (Lipinski definition) is 0. The average Bonchev–Trinajstić information content (AvgIpc) is 2.88. The standard InChI is InChI=1S/C18H19NO/c1-2-6-16-14(4-1)12-18-15(5-3-7-17(16)18)13-19-8-10-20-11-9-19/h1-7H,8-13H2. The Hall–Kier alpha value is -1.64. The van der Waals surface area contributed by atoms with Crippen molar-refractivity contribution in [2.75, 3.05) is 26.3 Å². The van der Waals surface area contributed by atoms with Crippen LogP contribution in [-0.2, 0) is 17.7 Å². The van der Waals surface area contributed by atoms with Crippen LogP contribution in [0.1, 0.15) is 16.7 Å². The number of nitrogens with zero attached hydrogens (tertiary/aromatic N) is 1. The van der Waals surface area contributed by atoms with Gasteiger partial charge in [-0.15, -0.1) is 0 Å². The lowest BCUT2D eigenvalue weighted by Gasteiger charge is -2.27. The largest absolute Gasteiger partial charge is 0.379 e. The maximum atomic E-state index is 5.44. The summed E-state index contributed by atoms with van der Waals surface area (Å²) in [4.78, 5) is 2.50. The van der Waals surface area contributed by atoms with E-state index in [9.17, 15) is 0 Å². The van der Waals surface area contributed by atoms with Crippen LogP contribution in [0.3, 0.4) is 0 Å². The number of hydrogen-bond acceptors (Lipinski definition) is 2. The van der Waals surface area contributed by atoms with Gasteiger partial charge >= 0.3 is 0 Å². The fourth-order valence-corrected chi connectivity index (χ4v) is 3.37. The molecule has 0 saturated carbocycles. The second-order valence-corrected chi connectivity index (χ2v) is 5.67. The first-order valence-corrected chi connectivity index (χ1v) is 7.41. The van der Waals surface area contributed by atoms with Gasteiger partial charge in [-0.1, -0.05) is 42.5 Å². The zero-order valence-corrected chi connectivity index (χ0v) is 11.6. The third-order valence-corrected chi connectivity index (χ3v) is 4.45. The Kier molecular flexibility index (Phi) is 3.06. The molecule has 1 saturated heterocycles. The fraction of sp³-hybridized carbons (Fsp3) is 0.333. The first kappa shape index (κ1) is 12.1. The lowest BCUT2D eigenvalue weighted by Crippen LogP contribution is -2.35. The van der Waals surface area contributed by atoms with Crippen LogP contribution in [0.4, 0.5) is 0 Å². The van der Waals surface area contributed by atoms with Gasteiger partial charge in [0, 0.05) is 19.6 Å². The molecule has 20 heavy (non-hydrogen) atoms. The third kappa shape index (κ3) is 2.05. The highest BCUT2D eigenvalue weighted by atomic mass is 16.5. The van der Waals surface area contributed by atoms with Crippen molar-refractivity contribution in [1.82, 2.24) is 4.90 Å². The predicted molar refractivity (Wildman–Crippen MR) is 80.8 cm³/mol. The molecule has 2 aromatic rings. The highest BCUT2D eigenvalue weighted by molar-refractivity contribution is 5.77. The van der Waals surface area contributed by atoms with Crippen LogP contribution in [0.25, 0.3) is 11.1 Å². The Morgan fingerprint density at radius 2 is 1.70 bits per heavy atom. The van der Waals surface area contributed by atoms with Crippen LogP contribution in [-0.4, -0.2) is 31.2 Å². The molecule has 2 aliphatic rings. The molecule has 0 amide bonds. The molecular formula is C18H19NO. The SMILES string of the molecule is c1ccc2c(c1)Cc1c(CN3CCOCC3)cccc1-2. The summed E-state index contributed by atoms with van der Waals surface area (Å²) in [7, 11) is 0. The lowest BCUT2D eigenvalue weighted by atomic mass is 10.0. The number of benzene rings is 2. The normalized spacial score (nSPS) is 17.8. The molecule has 0 radical (unpaired) electrons. The summed E-state index contributed by atoms with van der Waals surface area (Å²) in [5.74, 6) is 0. The van der Waals surface area contributed by atoms with E-state index < -0.39 is 0 Å². The van der Waals surface area contributed by atoms with Crippen LogP contribution in [0.2, 0.25) is 0 Å². The smallest absolute Gasteiger partial charge is 0.0594 e. The third-order valence-electron chi connectivity index (χ3n) is 4.45. The summed E-state index contributed by atoms with van der Waals surface area (Å²) in [6.45, 7) is 4.90. The van der Waals surface area contributed by atoms with Gasteiger partial charge in [-0.25, -0.2) is 0 Å². The minimum Gasteiger partial charge on any atom is -0.379 e. The van der Waals surface area contributed by atoms with E-state index in [-0.39, 0.29) is 0 Å². The van der Waals surface area contributed by atoms with Gasteiger partial charge in [0.15, 0.2) is 0 Å². The number of morpholine rings is 1. The molecule has 4 rings (SSSR count). The van der Waals surface area contributed by atoms with Gasteiger partial charge in [0.05, 0.1) is 13.2 Å². The van der Waals surface area contributed by atoms with Crippen LogP contribution in [0.5, 0.6) is 0 Å². The van der Waals surface area contributed by atoms with Gasteiger partial charge in [-0.05, 0) is 34.2 Å². The highest BCUT2D eigenvalue weighted by Gasteiger charge is 2.21. The maximum Gasteiger partial charge on any atom is 0.0594 e. The van der Waals surface area contributed by atoms with Gasteiger partial charge in [0.1, 0.15) is 0 Å². The summed E-state index contributed by atoms with van der Waals surface area (Å²) in [6.07, 6.45) is 1.09. The van der Waals surface area contributed by atoms with Gasteiger partial charge in [0.25, 0.3) is 0 Å². The molecule has 0 aromatic heterocycles. The molecule has 0 atom stereocenters. The number of rotatable bonds is 2. The second kappa shape index (κ2) is 5.04. The molecule has 2 nitrogen and oxygen atoms in total. The first-order chi connectivity index (χ1) is 9.92. The van der Waals surface area contributed by atoms with Crippen molar-refractivity contribution in [1.29, 1.82) is 0 Å². The van der Waals surface area contributed by atoms with Crippen molar-refractivity contribution in [2.45, 2.75) is 13.0 Å². The van der Waals surface area contributed by atoms with Crippen molar-refractivity contribution in [3.8, 4) is 11.1 Å². The first-order valence-electron chi connectivity index (χ1n) is 7.41. The van der Waals surface area contributed by atoms with E-state index in [0.717, 1.165) is 39.3 Å². The number of fused-ring (bicyclic) bond motifs is 3. The lowest BCUT2D eigenvalue weighted by molar-refractivity contribution is 0.0341. The van der Waals surface area contributed by atoms with Crippen molar-refractivity contribution >= 4 is 0 Å². The van der Waals surface area contributed by atoms with Crippen molar-refractivity contribution < 1.29 is 4.74 Å². The molecule has 1 heterocycles. The van der Waals surface area contributed by atoms with E-state index in [4.69, 9.17) is 4.74 Å². The quantitative estimate of drug-likeness (QED) is 0.706. The zero-order valence-electron chi connectivity index (χ0n) is 11.6. The molecule has 2 heteroatoms.